The monoisotopic (exact) mass is 520 g/mol. The maximum absolute atomic E-state index is 14.1. The second kappa shape index (κ2) is 11.6. The van der Waals surface area contributed by atoms with Gasteiger partial charge in [-0.05, 0) is 22.3 Å². The van der Waals surface area contributed by atoms with E-state index in [9.17, 15) is 9.59 Å². The number of carbonyl (C=O) groups excluding carboxylic acids is 2. The molecule has 4 aromatic carbocycles. The Morgan fingerprint density at radius 3 is 1.49 bits per heavy atom. The molecule has 1 heterocycles. The van der Waals surface area contributed by atoms with Gasteiger partial charge in [-0.25, -0.2) is 9.59 Å². The Hall–Kier alpha value is -4.26. The van der Waals surface area contributed by atoms with E-state index in [0.717, 1.165) is 22.3 Å². The molecule has 1 aliphatic heterocycles. The number of carbonyl (C=O) groups is 2. The van der Waals surface area contributed by atoms with Crippen molar-refractivity contribution < 1.29 is 19.1 Å². The minimum atomic E-state index is -1.78. The van der Waals surface area contributed by atoms with Crippen LogP contribution in [0.15, 0.2) is 121 Å². The van der Waals surface area contributed by atoms with Crippen molar-refractivity contribution >= 4 is 11.9 Å². The molecule has 0 radical (unpaired) electrons. The van der Waals surface area contributed by atoms with Crippen LogP contribution in [0, 0.1) is 0 Å². The van der Waals surface area contributed by atoms with Gasteiger partial charge in [-0.1, -0.05) is 121 Å². The van der Waals surface area contributed by atoms with Gasteiger partial charge < -0.3 is 9.47 Å². The first-order valence-corrected chi connectivity index (χ1v) is 13.0. The highest BCUT2D eigenvalue weighted by Gasteiger charge is 2.68. The summed E-state index contributed by atoms with van der Waals surface area (Å²) in [5.74, 6) is -1.31. The summed E-state index contributed by atoms with van der Waals surface area (Å²) in [6, 6.07) is 38.9. The normalized spacial score (nSPS) is 18.9. The summed E-state index contributed by atoms with van der Waals surface area (Å²) in [5.41, 5.74) is 2.02. The summed E-state index contributed by atoms with van der Waals surface area (Å²) >= 11 is 0. The van der Waals surface area contributed by atoms with Gasteiger partial charge in [-0.2, -0.15) is 0 Å². The van der Waals surface area contributed by atoms with Crippen LogP contribution < -0.4 is 0 Å². The van der Waals surface area contributed by atoms with Gasteiger partial charge in [0.25, 0.3) is 0 Å². The van der Waals surface area contributed by atoms with E-state index in [1.165, 1.54) is 14.2 Å². The van der Waals surface area contributed by atoms with E-state index in [0.29, 0.717) is 13.1 Å². The SMILES string of the molecule is COC(=O)C1(C(=O)OC)C(c2ccccc2)N(Cc2ccccc2)C(c2ccccc2)N1Cc1ccccc1. The highest BCUT2D eigenvalue weighted by atomic mass is 16.5. The van der Waals surface area contributed by atoms with Crippen molar-refractivity contribution in [2.75, 3.05) is 14.2 Å². The number of benzene rings is 4. The predicted molar refractivity (Wildman–Crippen MR) is 149 cm³/mol. The molecule has 0 aliphatic carbocycles. The zero-order valence-electron chi connectivity index (χ0n) is 22.1. The molecular weight excluding hydrogens is 488 g/mol. The van der Waals surface area contributed by atoms with E-state index in [1.54, 1.807) is 0 Å². The van der Waals surface area contributed by atoms with Crippen LogP contribution in [0.1, 0.15) is 34.5 Å². The maximum atomic E-state index is 14.1. The van der Waals surface area contributed by atoms with Gasteiger partial charge in [0, 0.05) is 13.1 Å². The molecule has 4 aromatic rings. The first kappa shape index (κ1) is 26.4. The van der Waals surface area contributed by atoms with Gasteiger partial charge in [0.15, 0.2) is 0 Å². The van der Waals surface area contributed by atoms with Crippen LogP contribution in [0.5, 0.6) is 0 Å². The number of ether oxygens (including phenoxy) is 2. The van der Waals surface area contributed by atoms with Crippen LogP contribution in [-0.4, -0.2) is 41.5 Å². The number of methoxy groups -OCH3 is 2. The van der Waals surface area contributed by atoms with Crippen LogP contribution in [0.3, 0.4) is 0 Å². The number of rotatable bonds is 8. The Balaban J connectivity index is 1.82. The minimum absolute atomic E-state index is 0.319. The molecular formula is C33H32N2O4. The lowest BCUT2D eigenvalue weighted by atomic mass is 9.84. The largest absolute Gasteiger partial charge is 0.467 e. The summed E-state index contributed by atoms with van der Waals surface area (Å²) in [6.07, 6.45) is -0.449. The van der Waals surface area contributed by atoms with Gasteiger partial charge in [0.1, 0.15) is 0 Å². The Kier molecular flexibility index (Phi) is 7.87. The molecule has 1 fully saturated rings. The van der Waals surface area contributed by atoms with E-state index in [4.69, 9.17) is 9.47 Å². The lowest BCUT2D eigenvalue weighted by Gasteiger charge is -2.37. The topological polar surface area (TPSA) is 59.1 Å². The third kappa shape index (κ3) is 4.85. The van der Waals surface area contributed by atoms with Crippen LogP contribution in [0.25, 0.3) is 0 Å². The Labute approximate surface area is 229 Å². The quantitative estimate of drug-likeness (QED) is 0.225. The number of hydrogen-bond acceptors (Lipinski definition) is 6. The smallest absolute Gasteiger partial charge is 0.340 e. The summed E-state index contributed by atoms with van der Waals surface area (Å²) in [5, 5.41) is 0. The van der Waals surface area contributed by atoms with Crippen molar-refractivity contribution in [1.29, 1.82) is 0 Å². The van der Waals surface area contributed by atoms with Crippen molar-refractivity contribution in [2.45, 2.75) is 30.8 Å². The molecule has 6 nitrogen and oxygen atoms in total. The summed E-state index contributed by atoms with van der Waals surface area (Å²) < 4.78 is 10.9. The molecule has 1 aliphatic rings. The zero-order chi connectivity index (χ0) is 27.2. The van der Waals surface area contributed by atoms with E-state index >= 15 is 0 Å². The number of nitrogens with zero attached hydrogens (tertiary/aromatic N) is 2. The third-order valence-corrected chi connectivity index (χ3v) is 7.40. The molecule has 0 N–H and O–H groups in total. The lowest BCUT2D eigenvalue weighted by molar-refractivity contribution is -0.173. The predicted octanol–water partition coefficient (Wildman–Crippen LogP) is 5.53. The molecule has 2 atom stereocenters. The zero-order valence-corrected chi connectivity index (χ0v) is 22.1. The molecule has 0 saturated carbocycles. The number of hydrogen-bond donors (Lipinski definition) is 0. The van der Waals surface area contributed by atoms with Crippen molar-refractivity contribution in [3.8, 4) is 0 Å². The molecule has 1 saturated heterocycles. The highest BCUT2D eigenvalue weighted by molar-refractivity contribution is 6.06. The molecule has 0 aromatic heterocycles. The second-order valence-electron chi connectivity index (χ2n) is 9.62. The van der Waals surface area contributed by atoms with E-state index in [-0.39, 0.29) is 0 Å². The summed E-state index contributed by atoms with van der Waals surface area (Å²) in [7, 11) is 2.65. The molecule has 0 bridgehead atoms. The van der Waals surface area contributed by atoms with Crippen LogP contribution in [0.4, 0.5) is 0 Å². The standard InChI is InChI=1S/C33H32N2O4/c1-38-31(36)33(32(37)39-2)29(27-19-11-5-12-20-27)34(23-25-15-7-3-8-16-25)30(28-21-13-6-14-22-28)35(33)24-26-17-9-4-10-18-26/h3-22,29-30H,23-24H2,1-2H3. The number of esters is 2. The Morgan fingerprint density at radius 2 is 1.03 bits per heavy atom. The summed E-state index contributed by atoms with van der Waals surface area (Å²) in [4.78, 5) is 32.4. The average molecular weight is 521 g/mol. The van der Waals surface area contributed by atoms with E-state index in [2.05, 4.69) is 17.0 Å². The third-order valence-electron chi connectivity index (χ3n) is 7.40. The van der Waals surface area contributed by atoms with Gasteiger partial charge in [0.05, 0.1) is 26.4 Å². The molecule has 5 rings (SSSR count). The first-order chi connectivity index (χ1) is 19.1. The molecule has 198 valence electrons. The van der Waals surface area contributed by atoms with Gasteiger partial charge in [-0.3, -0.25) is 9.80 Å². The van der Waals surface area contributed by atoms with Gasteiger partial charge in [0.2, 0.25) is 5.54 Å². The lowest BCUT2D eigenvalue weighted by Crippen LogP contribution is -2.60. The van der Waals surface area contributed by atoms with Crippen molar-refractivity contribution in [3.63, 3.8) is 0 Å². The molecule has 0 spiro atoms. The van der Waals surface area contributed by atoms with Crippen LogP contribution >= 0.6 is 0 Å². The van der Waals surface area contributed by atoms with E-state index < -0.39 is 29.7 Å². The van der Waals surface area contributed by atoms with Crippen molar-refractivity contribution in [1.82, 2.24) is 9.80 Å². The first-order valence-electron chi connectivity index (χ1n) is 13.0. The van der Waals surface area contributed by atoms with E-state index in [1.807, 2.05) is 114 Å². The van der Waals surface area contributed by atoms with Crippen LogP contribution in [0.2, 0.25) is 0 Å². The average Bonchev–Trinajstić information content (AvgIpc) is 3.28. The summed E-state index contributed by atoms with van der Waals surface area (Å²) in [6.45, 7) is 0.806. The van der Waals surface area contributed by atoms with Crippen LogP contribution in [-0.2, 0) is 32.2 Å². The second-order valence-corrected chi connectivity index (χ2v) is 9.62. The highest BCUT2D eigenvalue weighted by Crippen LogP contribution is 2.54. The fourth-order valence-corrected chi connectivity index (χ4v) is 5.79. The molecule has 6 heteroatoms. The maximum Gasteiger partial charge on any atom is 0.340 e. The van der Waals surface area contributed by atoms with Crippen molar-refractivity contribution in [3.05, 3.63) is 144 Å². The molecule has 2 unspecified atom stereocenters. The minimum Gasteiger partial charge on any atom is -0.467 e. The van der Waals surface area contributed by atoms with Gasteiger partial charge >= 0.3 is 11.9 Å². The molecule has 39 heavy (non-hydrogen) atoms. The molecule has 0 amide bonds. The fraction of sp³-hybridized carbons (Fsp3) is 0.212. The van der Waals surface area contributed by atoms with Gasteiger partial charge in [-0.15, -0.1) is 0 Å². The Morgan fingerprint density at radius 1 is 0.615 bits per heavy atom. The Bertz CT molecular complexity index is 1360. The van der Waals surface area contributed by atoms with Crippen molar-refractivity contribution in [2.24, 2.45) is 0 Å². The fourth-order valence-electron chi connectivity index (χ4n) is 5.79.